The molecule has 0 saturated heterocycles. The number of nitrogens with zero attached hydrogens (tertiary/aromatic N) is 2. The van der Waals surface area contributed by atoms with Crippen molar-refractivity contribution in [3.63, 3.8) is 0 Å². The molecular formula is C51H34N2. The van der Waals surface area contributed by atoms with E-state index >= 15 is 0 Å². The van der Waals surface area contributed by atoms with Crippen molar-refractivity contribution in [1.29, 1.82) is 0 Å². The van der Waals surface area contributed by atoms with Crippen LogP contribution in [0.1, 0.15) is 0 Å². The van der Waals surface area contributed by atoms with Crippen LogP contribution >= 0.6 is 0 Å². The summed E-state index contributed by atoms with van der Waals surface area (Å²) in [5.41, 5.74) is 13.9. The van der Waals surface area contributed by atoms with Gasteiger partial charge in [-0.1, -0.05) is 158 Å². The molecule has 1 aromatic heterocycles. The zero-order valence-electron chi connectivity index (χ0n) is 29.0. The molecule has 0 fully saturated rings. The molecule has 9 aromatic carbocycles. The monoisotopic (exact) mass is 674 g/mol. The van der Waals surface area contributed by atoms with Gasteiger partial charge in [0, 0.05) is 11.3 Å². The summed E-state index contributed by atoms with van der Waals surface area (Å²) in [4.78, 5) is 5.11. The Kier molecular flexibility index (Phi) is 7.51. The topological polar surface area (TPSA) is 17.8 Å². The van der Waals surface area contributed by atoms with E-state index in [2.05, 4.69) is 211 Å². The smallest absolute Gasteiger partial charge is 0.145 e. The van der Waals surface area contributed by atoms with Crippen molar-refractivity contribution in [2.75, 3.05) is 0 Å². The van der Waals surface area contributed by atoms with Crippen molar-refractivity contribution in [2.24, 2.45) is 0 Å². The lowest BCUT2D eigenvalue weighted by atomic mass is 9.85. The number of para-hydroxylation sites is 3. The van der Waals surface area contributed by atoms with Gasteiger partial charge in [0.25, 0.3) is 0 Å². The summed E-state index contributed by atoms with van der Waals surface area (Å²) in [6.45, 7) is 0. The Labute approximate surface area is 308 Å². The van der Waals surface area contributed by atoms with E-state index in [0.29, 0.717) is 0 Å². The Morgan fingerprint density at radius 3 is 1.30 bits per heavy atom. The first-order valence-corrected chi connectivity index (χ1v) is 18.1. The first-order valence-electron chi connectivity index (χ1n) is 18.1. The lowest BCUT2D eigenvalue weighted by Crippen LogP contribution is -1.97. The van der Waals surface area contributed by atoms with Gasteiger partial charge in [-0.25, -0.2) is 4.98 Å². The van der Waals surface area contributed by atoms with Crippen molar-refractivity contribution >= 4 is 32.6 Å². The Morgan fingerprint density at radius 1 is 0.321 bits per heavy atom. The molecule has 0 bridgehead atoms. The molecule has 53 heavy (non-hydrogen) atoms. The van der Waals surface area contributed by atoms with E-state index in [0.717, 1.165) is 33.7 Å². The van der Waals surface area contributed by atoms with Gasteiger partial charge in [0.2, 0.25) is 0 Å². The summed E-state index contributed by atoms with van der Waals surface area (Å²) < 4.78 is 2.26. The minimum atomic E-state index is 0.933. The maximum Gasteiger partial charge on any atom is 0.145 e. The third kappa shape index (κ3) is 5.49. The van der Waals surface area contributed by atoms with E-state index in [4.69, 9.17) is 4.98 Å². The van der Waals surface area contributed by atoms with Crippen LogP contribution in [-0.4, -0.2) is 9.55 Å². The highest BCUT2D eigenvalue weighted by atomic mass is 15.1. The Hall–Kier alpha value is -7.03. The maximum absolute atomic E-state index is 5.11. The molecule has 0 amide bonds. The molecule has 2 heteroatoms. The van der Waals surface area contributed by atoms with Crippen LogP contribution in [0.25, 0.3) is 94.2 Å². The molecule has 2 nitrogen and oxygen atoms in total. The molecule has 1 heterocycles. The average Bonchev–Trinajstić information content (AvgIpc) is 3.64. The predicted octanol–water partition coefficient (Wildman–Crippen LogP) is 13.7. The second kappa shape index (κ2) is 12.9. The summed E-state index contributed by atoms with van der Waals surface area (Å²) in [5, 5.41) is 4.99. The molecular weight excluding hydrogens is 641 g/mol. The van der Waals surface area contributed by atoms with Gasteiger partial charge in [-0.05, 0) is 115 Å². The lowest BCUT2D eigenvalue weighted by Gasteiger charge is -2.18. The van der Waals surface area contributed by atoms with Gasteiger partial charge >= 0.3 is 0 Å². The number of aromatic nitrogens is 2. The minimum absolute atomic E-state index is 0.933. The third-order valence-corrected chi connectivity index (χ3v) is 10.4. The van der Waals surface area contributed by atoms with Crippen LogP contribution in [0.2, 0.25) is 0 Å². The number of benzene rings is 9. The molecule has 0 atom stereocenters. The number of rotatable bonds is 6. The SMILES string of the molecule is c1ccc(-c2cc(-c3ccccc3)c3c(ccc4cc(-c5ccc(-c6nc7ccccc7n6-c6ccccc6)cc5)cc(-c5ccccc5)c43)c2)cc1. The number of hydrogen-bond donors (Lipinski definition) is 0. The Morgan fingerprint density at radius 2 is 0.755 bits per heavy atom. The van der Waals surface area contributed by atoms with Crippen molar-refractivity contribution in [2.45, 2.75) is 0 Å². The summed E-state index contributed by atoms with van der Waals surface area (Å²) >= 11 is 0. The minimum Gasteiger partial charge on any atom is -0.292 e. The fraction of sp³-hybridized carbons (Fsp3) is 0. The van der Waals surface area contributed by atoms with Crippen LogP contribution in [0.3, 0.4) is 0 Å². The molecule has 0 aliphatic carbocycles. The molecule has 0 radical (unpaired) electrons. The van der Waals surface area contributed by atoms with Crippen LogP contribution < -0.4 is 0 Å². The molecule has 10 aromatic rings. The fourth-order valence-corrected chi connectivity index (χ4v) is 7.85. The molecule has 0 N–H and O–H groups in total. The highest BCUT2D eigenvalue weighted by Crippen LogP contribution is 2.44. The van der Waals surface area contributed by atoms with Crippen molar-refractivity contribution in [3.05, 3.63) is 206 Å². The highest BCUT2D eigenvalue weighted by molar-refractivity contribution is 6.21. The van der Waals surface area contributed by atoms with E-state index in [9.17, 15) is 0 Å². The lowest BCUT2D eigenvalue weighted by molar-refractivity contribution is 1.10. The summed E-state index contributed by atoms with van der Waals surface area (Å²) in [7, 11) is 0. The van der Waals surface area contributed by atoms with Gasteiger partial charge in [0.1, 0.15) is 5.82 Å². The van der Waals surface area contributed by atoms with Gasteiger partial charge in [-0.3, -0.25) is 4.57 Å². The Bertz CT molecular complexity index is 2890. The average molecular weight is 675 g/mol. The third-order valence-electron chi connectivity index (χ3n) is 10.4. The van der Waals surface area contributed by atoms with Crippen LogP contribution in [0, 0.1) is 0 Å². The first kappa shape index (κ1) is 30.8. The Balaban J connectivity index is 1.17. The van der Waals surface area contributed by atoms with Gasteiger partial charge in [0.05, 0.1) is 11.0 Å². The summed E-state index contributed by atoms with van der Waals surface area (Å²) in [5.74, 6) is 0.933. The van der Waals surface area contributed by atoms with Gasteiger partial charge in [-0.2, -0.15) is 0 Å². The van der Waals surface area contributed by atoms with Crippen LogP contribution in [0.4, 0.5) is 0 Å². The largest absolute Gasteiger partial charge is 0.292 e. The number of hydrogen-bond acceptors (Lipinski definition) is 1. The van der Waals surface area contributed by atoms with E-state index in [1.54, 1.807) is 0 Å². The zero-order valence-corrected chi connectivity index (χ0v) is 29.0. The molecule has 0 saturated carbocycles. The van der Waals surface area contributed by atoms with Gasteiger partial charge in [-0.15, -0.1) is 0 Å². The quantitative estimate of drug-likeness (QED) is 0.161. The number of fused-ring (bicyclic) bond motifs is 4. The maximum atomic E-state index is 5.11. The van der Waals surface area contributed by atoms with E-state index in [-0.39, 0.29) is 0 Å². The van der Waals surface area contributed by atoms with Crippen LogP contribution in [0.5, 0.6) is 0 Å². The van der Waals surface area contributed by atoms with Crippen LogP contribution in [0.15, 0.2) is 206 Å². The molecule has 0 aliphatic rings. The number of imidazole rings is 1. The van der Waals surface area contributed by atoms with Crippen molar-refractivity contribution < 1.29 is 0 Å². The molecule has 248 valence electrons. The first-order chi connectivity index (χ1) is 26.3. The van der Waals surface area contributed by atoms with Crippen LogP contribution in [-0.2, 0) is 0 Å². The summed E-state index contributed by atoms with van der Waals surface area (Å²) in [6.07, 6.45) is 0. The summed E-state index contributed by atoms with van der Waals surface area (Å²) in [6, 6.07) is 74.1. The molecule has 0 unspecified atom stereocenters. The van der Waals surface area contributed by atoms with E-state index < -0.39 is 0 Å². The van der Waals surface area contributed by atoms with E-state index in [1.165, 1.54) is 60.5 Å². The van der Waals surface area contributed by atoms with E-state index in [1.807, 2.05) is 0 Å². The normalized spacial score (nSPS) is 11.4. The zero-order chi connectivity index (χ0) is 35.1. The second-order valence-electron chi connectivity index (χ2n) is 13.6. The second-order valence-corrected chi connectivity index (χ2v) is 13.6. The van der Waals surface area contributed by atoms with Crippen molar-refractivity contribution in [1.82, 2.24) is 9.55 Å². The highest BCUT2D eigenvalue weighted by Gasteiger charge is 2.18. The van der Waals surface area contributed by atoms with Crippen molar-refractivity contribution in [3.8, 4) is 61.6 Å². The fourth-order valence-electron chi connectivity index (χ4n) is 7.85. The predicted molar refractivity (Wildman–Crippen MR) is 223 cm³/mol. The molecule has 0 aliphatic heterocycles. The standard InChI is InChI=1S/C51H34N2/c1-5-15-35(16-6-1)42-31-40-29-30-41-32-43(34-46(38-19-9-3-10-20-38)50(41)49(40)45(33-42)37-17-7-2-8-18-37)36-25-27-39(28-26-36)51-52-47-23-13-14-24-48(47)53(51)44-21-11-4-12-22-44/h1-34H. The molecule has 10 rings (SSSR count). The molecule has 0 spiro atoms. The van der Waals surface area contributed by atoms with Gasteiger partial charge in [0.15, 0.2) is 0 Å². The van der Waals surface area contributed by atoms with Gasteiger partial charge < -0.3 is 0 Å².